The zero-order valence-electron chi connectivity index (χ0n) is 12.6. The van der Waals surface area contributed by atoms with Crippen molar-refractivity contribution < 1.29 is 9.21 Å². The van der Waals surface area contributed by atoms with Crippen molar-refractivity contribution in [2.24, 2.45) is 5.92 Å². The van der Waals surface area contributed by atoms with E-state index >= 15 is 0 Å². The molecule has 1 N–H and O–H groups in total. The lowest BCUT2D eigenvalue weighted by Crippen LogP contribution is -2.33. The number of nitrogens with one attached hydrogen (secondary N) is 1. The quantitative estimate of drug-likeness (QED) is 0.921. The minimum atomic E-state index is 0.169. The Balaban J connectivity index is 1.48. The lowest BCUT2D eigenvalue weighted by atomic mass is 9.89. The van der Waals surface area contributed by atoms with Crippen LogP contribution in [0.1, 0.15) is 38.0 Å². The molecular formula is C17H21N3O2. The molecule has 0 aliphatic heterocycles. The standard InChI is InChI=1S/C17H21N3O2/c21-16(13-7-3-1-4-8-13)18-12-11-15-19-20-17(22-15)14-9-5-2-6-10-14/h2,5-6,9-10,13H,1,3-4,7-8,11-12H2,(H,18,21). The maximum absolute atomic E-state index is 12.0. The van der Waals surface area contributed by atoms with Gasteiger partial charge in [0.2, 0.25) is 17.7 Å². The van der Waals surface area contributed by atoms with Crippen molar-refractivity contribution in [1.29, 1.82) is 0 Å². The van der Waals surface area contributed by atoms with Crippen LogP contribution in [0.25, 0.3) is 11.5 Å². The van der Waals surface area contributed by atoms with Gasteiger partial charge in [0, 0.05) is 24.4 Å². The summed E-state index contributed by atoms with van der Waals surface area (Å²) in [6, 6.07) is 9.68. The van der Waals surface area contributed by atoms with E-state index in [-0.39, 0.29) is 11.8 Å². The van der Waals surface area contributed by atoms with Crippen molar-refractivity contribution in [3.63, 3.8) is 0 Å². The molecular weight excluding hydrogens is 278 g/mol. The second-order valence-electron chi connectivity index (χ2n) is 5.74. The van der Waals surface area contributed by atoms with Crippen molar-refractivity contribution in [3.8, 4) is 11.5 Å². The Labute approximate surface area is 130 Å². The second-order valence-corrected chi connectivity index (χ2v) is 5.74. The van der Waals surface area contributed by atoms with E-state index in [4.69, 9.17) is 4.42 Å². The van der Waals surface area contributed by atoms with Crippen molar-refractivity contribution in [3.05, 3.63) is 36.2 Å². The van der Waals surface area contributed by atoms with Crippen molar-refractivity contribution in [2.45, 2.75) is 38.5 Å². The first-order valence-corrected chi connectivity index (χ1v) is 7.98. The Kier molecular flexibility index (Phi) is 4.83. The fourth-order valence-electron chi connectivity index (χ4n) is 2.85. The molecule has 5 nitrogen and oxygen atoms in total. The Morgan fingerprint density at radius 1 is 1.14 bits per heavy atom. The van der Waals surface area contributed by atoms with E-state index < -0.39 is 0 Å². The third-order valence-electron chi connectivity index (χ3n) is 4.10. The van der Waals surface area contributed by atoms with Gasteiger partial charge in [-0.15, -0.1) is 10.2 Å². The monoisotopic (exact) mass is 299 g/mol. The molecule has 1 aromatic heterocycles. The second kappa shape index (κ2) is 7.20. The minimum absolute atomic E-state index is 0.169. The lowest BCUT2D eigenvalue weighted by molar-refractivity contribution is -0.125. The molecule has 5 heteroatoms. The van der Waals surface area contributed by atoms with Crippen LogP contribution in [0.4, 0.5) is 0 Å². The maximum Gasteiger partial charge on any atom is 0.247 e. The van der Waals surface area contributed by atoms with Crippen molar-refractivity contribution >= 4 is 5.91 Å². The Bertz CT molecular complexity index is 603. The molecule has 0 bridgehead atoms. The number of hydrogen-bond donors (Lipinski definition) is 1. The van der Waals surface area contributed by atoms with Gasteiger partial charge >= 0.3 is 0 Å². The summed E-state index contributed by atoms with van der Waals surface area (Å²) in [5.41, 5.74) is 0.910. The van der Waals surface area contributed by atoms with E-state index in [1.807, 2.05) is 30.3 Å². The van der Waals surface area contributed by atoms with Crippen molar-refractivity contribution in [2.75, 3.05) is 6.54 Å². The number of hydrogen-bond acceptors (Lipinski definition) is 4. The molecule has 1 aromatic carbocycles. The van der Waals surface area contributed by atoms with Crippen LogP contribution in [0.2, 0.25) is 0 Å². The molecule has 116 valence electrons. The van der Waals surface area contributed by atoms with Gasteiger partial charge in [-0.05, 0) is 25.0 Å². The van der Waals surface area contributed by atoms with Gasteiger partial charge in [-0.1, -0.05) is 37.5 Å². The van der Waals surface area contributed by atoms with Gasteiger partial charge in [0.1, 0.15) is 0 Å². The number of nitrogens with zero attached hydrogens (tertiary/aromatic N) is 2. The molecule has 1 aliphatic rings. The van der Waals surface area contributed by atoms with Crippen LogP contribution >= 0.6 is 0 Å². The molecule has 1 amide bonds. The predicted octanol–water partition coefficient (Wildman–Crippen LogP) is 2.98. The fourth-order valence-corrected chi connectivity index (χ4v) is 2.85. The van der Waals surface area contributed by atoms with Crippen LogP contribution in [-0.2, 0) is 11.2 Å². The summed E-state index contributed by atoms with van der Waals surface area (Å²) in [5, 5.41) is 11.1. The number of carbonyl (C=O) groups is 1. The zero-order valence-corrected chi connectivity index (χ0v) is 12.6. The normalized spacial score (nSPS) is 15.6. The third-order valence-corrected chi connectivity index (χ3v) is 4.10. The van der Waals surface area contributed by atoms with E-state index in [1.54, 1.807) is 0 Å². The van der Waals surface area contributed by atoms with Gasteiger partial charge in [-0.2, -0.15) is 0 Å². The van der Waals surface area contributed by atoms with Gasteiger partial charge < -0.3 is 9.73 Å². The van der Waals surface area contributed by atoms with Crippen LogP contribution < -0.4 is 5.32 Å². The first-order valence-electron chi connectivity index (χ1n) is 7.98. The molecule has 1 saturated carbocycles. The summed E-state index contributed by atoms with van der Waals surface area (Å²) < 4.78 is 5.62. The SMILES string of the molecule is O=C(NCCc1nnc(-c2ccccc2)o1)C1CCCCC1. The minimum Gasteiger partial charge on any atom is -0.421 e. The molecule has 1 heterocycles. The molecule has 0 unspecified atom stereocenters. The summed E-state index contributed by atoms with van der Waals surface area (Å²) in [5.74, 6) is 1.44. The molecule has 22 heavy (non-hydrogen) atoms. The summed E-state index contributed by atoms with van der Waals surface area (Å²) in [6.07, 6.45) is 6.20. The number of aromatic nitrogens is 2. The smallest absolute Gasteiger partial charge is 0.247 e. The van der Waals surface area contributed by atoms with Gasteiger partial charge in [0.05, 0.1) is 0 Å². The zero-order chi connectivity index (χ0) is 15.2. The van der Waals surface area contributed by atoms with Gasteiger partial charge in [-0.3, -0.25) is 4.79 Å². The average Bonchev–Trinajstić information content (AvgIpc) is 3.05. The summed E-state index contributed by atoms with van der Waals surface area (Å²) >= 11 is 0. The topological polar surface area (TPSA) is 68.0 Å². The van der Waals surface area contributed by atoms with E-state index in [9.17, 15) is 4.79 Å². The van der Waals surface area contributed by atoms with E-state index in [0.717, 1.165) is 18.4 Å². The molecule has 0 radical (unpaired) electrons. The third kappa shape index (κ3) is 3.72. The van der Waals surface area contributed by atoms with E-state index in [0.29, 0.717) is 24.7 Å². The Morgan fingerprint density at radius 2 is 1.91 bits per heavy atom. The first kappa shape index (κ1) is 14.8. The summed E-state index contributed by atoms with van der Waals surface area (Å²) in [6.45, 7) is 0.547. The fraction of sp³-hybridized carbons (Fsp3) is 0.471. The number of benzene rings is 1. The molecule has 0 saturated heterocycles. The maximum atomic E-state index is 12.0. The highest BCUT2D eigenvalue weighted by Crippen LogP contribution is 2.23. The largest absolute Gasteiger partial charge is 0.421 e. The Morgan fingerprint density at radius 3 is 2.68 bits per heavy atom. The predicted molar refractivity (Wildman–Crippen MR) is 83.0 cm³/mol. The van der Waals surface area contributed by atoms with Crippen LogP contribution in [0.15, 0.2) is 34.7 Å². The number of carbonyl (C=O) groups excluding carboxylic acids is 1. The van der Waals surface area contributed by atoms with Gasteiger partial charge in [-0.25, -0.2) is 0 Å². The number of rotatable bonds is 5. The molecule has 0 atom stereocenters. The van der Waals surface area contributed by atoms with E-state index in [1.165, 1.54) is 19.3 Å². The highest BCUT2D eigenvalue weighted by atomic mass is 16.4. The van der Waals surface area contributed by atoms with Gasteiger partial charge in [0.25, 0.3) is 0 Å². The van der Waals surface area contributed by atoms with Crippen LogP contribution in [0.5, 0.6) is 0 Å². The van der Waals surface area contributed by atoms with Crippen LogP contribution in [0.3, 0.4) is 0 Å². The van der Waals surface area contributed by atoms with Crippen LogP contribution in [0, 0.1) is 5.92 Å². The molecule has 2 aromatic rings. The summed E-state index contributed by atoms with van der Waals surface area (Å²) in [7, 11) is 0. The van der Waals surface area contributed by atoms with E-state index in [2.05, 4.69) is 15.5 Å². The first-order chi connectivity index (χ1) is 10.8. The molecule has 1 aliphatic carbocycles. The summed E-state index contributed by atoms with van der Waals surface area (Å²) in [4.78, 5) is 12.0. The number of amides is 1. The molecule has 3 rings (SSSR count). The molecule has 0 spiro atoms. The highest BCUT2D eigenvalue weighted by Gasteiger charge is 2.20. The lowest BCUT2D eigenvalue weighted by Gasteiger charge is -2.20. The average molecular weight is 299 g/mol. The van der Waals surface area contributed by atoms with Crippen LogP contribution in [-0.4, -0.2) is 22.6 Å². The van der Waals surface area contributed by atoms with Crippen molar-refractivity contribution in [1.82, 2.24) is 15.5 Å². The van der Waals surface area contributed by atoms with Gasteiger partial charge in [0.15, 0.2) is 0 Å². The molecule has 1 fully saturated rings. The Hall–Kier alpha value is -2.17. The highest BCUT2D eigenvalue weighted by molar-refractivity contribution is 5.78.